The predicted molar refractivity (Wildman–Crippen MR) is 84.0 cm³/mol. The summed E-state index contributed by atoms with van der Waals surface area (Å²) in [6.07, 6.45) is 2.95. The summed E-state index contributed by atoms with van der Waals surface area (Å²) < 4.78 is 7.53. The molecule has 2 heterocycles. The number of amides is 1. The number of aromatic nitrogens is 3. The van der Waals surface area contributed by atoms with Gasteiger partial charge < -0.3 is 10.5 Å². The molecule has 4 rings (SSSR count). The van der Waals surface area contributed by atoms with E-state index in [4.69, 9.17) is 10.5 Å². The molecule has 1 atom stereocenters. The quantitative estimate of drug-likeness (QED) is 0.918. The summed E-state index contributed by atoms with van der Waals surface area (Å²) in [5, 5.41) is 4.61. The van der Waals surface area contributed by atoms with Gasteiger partial charge >= 0.3 is 0 Å². The Morgan fingerprint density at radius 3 is 2.65 bits per heavy atom. The van der Waals surface area contributed by atoms with Crippen molar-refractivity contribution in [3.8, 4) is 0 Å². The van der Waals surface area contributed by atoms with Gasteiger partial charge in [-0.2, -0.15) is 5.10 Å². The third-order valence-corrected chi connectivity index (χ3v) is 4.70. The van der Waals surface area contributed by atoms with Gasteiger partial charge in [-0.1, -0.05) is 24.3 Å². The number of hydrogen-bond acceptors (Lipinski definition) is 4. The Hall–Kier alpha value is -2.21. The molecule has 2 aromatic rings. The highest BCUT2D eigenvalue weighted by molar-refractivity contribution is 5.75. The van der Waals surface area contributed by atoms with Crippen LogP contribution in [0, 0.1) is 0 Å². The second-order valence-corrected chi connectivity index (χ2v) is 6.37. The van der Waals surface area contributed by atoms with Gasteiger partial charge in [-0.05, 0) is 30.4 Å². The molecular weight excluding hydrogens is 292 g/mol. The van der Waals surface area contributed by atoms with Crippen molar-refractivity contribution in [3.05, 3.63) is 47.0 Å². The molecule has 6 heteroatoms. The second kappa shape index (κ2) is 5.77. The Bertz CT molecular complexity index is 709. The van der Waals surface area contributed by atoms with Crippen LogP contribution in [-0.2, 0) is 28.8 Å². The SMILES string of the molecule is NC(=O)Cc1nc([C@@H]2CCOC2)n(C2Cc3ccccc3C2)n1. The van der Waals surface area contributed by atoms with Gasteiger partial charge in [0.05, 0.1) is 19.1 Å². The van der Waals surface area contributed by atoms with Gasteiger partial charge in [-0.15, -0.1) is 0 Å². The average molecular weight is 312 g/mol. The maximum Gasteiger partial charge on any atom is 0.225 e. The standard InChI is InChI=1S/C17H20N4O2/c18-15(22)9-16-19-17(13-5-6-23-10-13)21(20-16)14-7-11-3-1-2-4-12(11)8-14/h1-4,13-14H,5-10H2,(H2,18,22)/t13-/m1/s1. The molecule has 0 radical (unpaired) electrons. The molecule has 120 valence electrons. The van der Waals surface area contributed by atoms with Crippen molar-refractivity contribution in [1.29, 1.82) is 0 Å². The van der Waals surface area contributed by atoms with Crippen LogP contribution in [0.25, 0.3) is 0 Å². The molecule has 0 spiro atoms. The van der Waals surface area contributed by atoms with Gasteiger partial charge in [-0.3, -0.25) is 4.79 Å². The summed E-state index contributed by atoms with van der Waals surface area (Å²) in [5.74, 6) is 1.32. The predicted octanol–water partition coefficient (Wildman–Crippen LogP) is 1.15. The molecule has 0 bridgehead atoms. The molecule has 6 nitrogen and oxygen atoms in total. The molecular formula is C17H20N4O2. The van der Waals surface area contributed by atoms with Crippen molar-refractivity contribution < 1.29 is 9.53 Å². The molecule has 1 aromatic heterocycles. The molecule has 0 unspecified atom stereocenters. The molecule has 2 aliphatic rings. The molecule has 1 aliphatic heterocycles. The minimum absolute atomic E-state index is 0.0905. The van der Waals surface area contributed by atoms with Gasteiger partial charge in [-0.25, -0.2) is 9.67 Å². The van der Waals surface area contributed by atoms with Gasteiger partial charge in [0.2, 0.25) is 5.91 Å². The fourth-order valence-corrected chi connectivity index (χ4v) is 3.61. The first-order chi connectivity index (χ1) is 11.2. The molecule has 1 fully saturated rings. The van der Waals surface area contributed by atoms with Crippen LogP contribution in [0.15, 0.2) is 24.3 Å². The summed E-state index contributed by atoms with van der Waals surface area (Å²) >= 11 is 0. The first-order valence-corrected chi connectivity index (χ1v) is 8.09. The van der Waals surface area contributed by atoms with Crippen LogP contribution in [-0.4, -0.2) is 33.9 Å². The third-order valence-electron chi connectivity index (χ3n) is 4.70. The van der Waals surface area contributed by atoms with Crippen LogP contribution in [0.3, 0.4) is 0 Å². The number of benzene rings is 1. The number of hydrogen-bond donors (Lipinski definition) is 1. The third kappa shape index (κ3) is 2.74. The molecule has 2 N–H and O–H groups in total. The van der Waals surface area contributed by atoms with Crippen LogP contribution < -0.4 is 5.73 Å². The van der Waals surface area contributed by atoms with Crippen molar-refractivity contribution in [2.75, 3.05) is 13.2 Å². The van der Waals surface area contributed by atoms with Crippen LogP contribution in [0.4, 0.5) is 0 Å². The van der Waals surface area contributed by atoms with Gasteiger partial charge in [0.15, 0.2) is 5.82 Å². The summed E-state index contributed by atoms with van der Waals surface area (Å²) in [6.45, 7) is 1.43. The Morgan fingerprint density at radius 1 is 1.30 bits per heavy atom. The number of carbonyl (C=O) groups is 1. The fourth-order valence-electron chi connectivity index (χ4n) is 3.61. The van der Waals surface area contributed by atoms with Crippen LogP contribution >= 0.6 is 0 Å². The number of fused-ring (bicyclic) bond motifs is 1. The largest absolute Gasteiger partial charge is 0.381 e. The number of rotatable bonds is 4. The Morgan fingerprint density at radius 2 is 2.04 bits per heavy atom. The van der Waals surface area contributed by atoms with Gasteiger partial charge in [0.25, 0.3) is 0 Å². The fraction of sp³-hybridized carbons (Fsp3) is 0.471. The van der Waals surface area contributed by atoms with E-state index in [0.29, 0.717) is 12.4 Å². The first kappa shape index (κ1) is 14.4. The molecule has 1 saturated heterocycles. The Labute approximate surface area is 134 Å². The summed E-state index contributed by atoms with van der Waals surface area (Å²) in [5.41, 5.74) is 8.05. The average Bonchev–Trinajstić information content (AvgIpc) is 3.24. The highest BCUT2D eigenvalue weighted by Gasteiger charge is 2.31. The second-order valence-electron chi connectivity index (χ2n) is 6.37. The number of nitrogens with zero attached hydrogens (tertiary/aromatic N) is 3. The first-order valence-electron chi connectivity index (χ1n) is 8.09. The monoisotopic (exact) mass is 312 g/mol. The lowest BCUT2D eigenvalue weighted by Gasteiger charge is -2.15. The minimum atomic E-state index is -0.397. The van der Waals surface area contributed by atoms with Crippen LogP contribution in [0.5, 0.6) is 0 Å². The van der Waals surface area contributed by atoms with Crippen LogP contribution in [0.2, 0.25) is 0 Å². The topological polar surface area (TPSA) is 83.0 Å². The van der Waals surface area contributed by atoms with E-state index in [1.54, 1.807) is 0 Å². The van der Waals surface area contributed by atoms with Crippen molar-refractivity contribution in [1.82, 2.24) is 14.8 Å². The zero-order valence-electron chi connectivity index (χ0n) is 12.9. The molecule has 1 amide bonds. The zero-order valence-corrected chi connectivity index (χ0v) is 12.9. The summed E-state index contributed by atoms with van der Waals surface area (Å²) in [4.78, 5) is 15.8. The van der Waals surface area contributed by atoms with E-state index < -0.39 is 5.91 Å². The van der Waals surface area contributed by atoms with E-state index in [9.17, 15) is 4.79 Å². The lowest BCUT2D eigenvalue weighted by atomic mass is 10.1. The van der Waals surface area contributed by atoms with Crippen molar-refractivity contribution in [2.24, 2.45) is 5.73 Å². The minimum Gasteiger partial charge on any atom is -0.381 e. The highest BCUT2D eigenvalue weighted by Crippen LogP contribution is 2.33. The molecule has 0 saturated carbocycles. The van der Waals surface area contributed by atoms with E-state index in [1.807, 2.05) is 4.68 Å². The Kier molecular flexibility index (Phi) is 3.61. The smallest absolute Gasteiger partial charge is 0.225 e. The van der Waals surface area contributed by atoms with E-state index in [0.717, 1.165) is 31.7 Å². The lowest BCUT2D eigenvalue weighted by Crippen LogP contribution is -2.17. The summed E-state index contributed by atoms with van der Waals surface area (Å²) in [6, 6.07) is 8.76. The lowest BCUT2D eigenvalue weighted by molar-refractivity contribution is -0.117. The molecule has 1 aromatic carbocycles. The number of ether oxygens (including phenoxy) is 1. The normalized spacial score (nSPS) is 20.8. The number of nitrogens with two attached hydrogens (primary N) is 1. The van der Waals surface area contributed by atoms with Crippen LogP contribution in [0.1, 0.15) is 41.2 Å². The van der Waals surface area contributed by atoms with Gasteiger partial charge in [0.1, 0.15) is 5.82 Å². The van der Waals surface area contributed by atoms with E-state index in [2.05, 4.69) is 34.3 Å². The van der Waals surface area contributed by atoms with E-state index in [1.165, 1.54) is 11.1 Å². The number of carbonyl (C=O) groups excluding carboxylic acids is 1. The highest BCUT2D eigenvalue weighted by atomic mass is 16.5. The maximum absolute atomic E-state index is 11.2. The van der Waals surface area contributed by atoms with Crippen molar-refractivity contribution >= 4 is 5.91 Å². The van der Waals surface area contributed by atoms with E-state index in [-0.39, 0.29) is 18.4 Å². The van der Waals surface area contributed by atoms with Crippen molar-refractivity contribution in [2.45, 2.75) is 37.6 Å². The molecule has 23 heavy (non-hydrogen) atoms. The summed E-state index contributed by atoms with van der Waals surface area (Å²) in [7, 11) is 0. The maximum atomic E-state index is 11.2. The van der Waals surface area contributed by atoms with E-state index >= 15 is 0 Å². The zero-order chi connectivity index (χ0) is 15.8. The van der Waals surface area contributed by atoms with Crippen molar-refractivity contribution in [3.63, 3.8) is 0 Å². The van der Waals surface area contributed by atoms with Gasteiger partial charge in [0, 0.05) is 12.5 Å². The molecule has 1 aliphatic carbocycles. The number of primary amides is 1. The Balaban J connectivity index is 1.66.